The van der Waals surface area contributed by atoms with Gasteiger partial charge < -0.3 is 15.5 Å². The van der Waals surface area contributed by atoms with E-state index in [2.05, 4.69) is 39.4 Å². The van der Waals surface area contributed by atoms with E-state index in [4.69, 9.17) is 0 Å². The fourth-order valence-corrected chi connectivity index (χ4v) is 2.77. The lowest BCUT2D eigenvalue weighted by atomic mass is 10.2. The molecule has 1 fully saturated rings. The Kier molecular flexibility index (Phi) is 7.46. The van der Waals surface area contributed by atoms with E-state index in [1.54, 1.807) is 12.1 Å². The third-order valence-electron chi connectivity index (χ3n) is 4.44. The summed E-state index contributed by atoms with van der Waals surface area (Å²) < 4.78 is 13.7. The number of guanidine groups is 1. The summed E-state index contributed by atoms with van der Waals surface area (Å²) in [5, 5.41) is 6.61. The van der Waals surface area contributed by atoms with Gasteiger partial charge in [0.2, 0.25) is 0 Å². The predicted molar refractivity (Wildman–Crippen MR) is 97.8 cm³/mol. The van der Waals surface area contributed by atoms with Crippen molar-refractivity contribution < 1.29 is 4.39 Å². The first kappa shape index (κ1) is 18.7. The summed E-state index contributed by atoms with van der Waals surface area (Å²) in [7, 11) is 2.17. The predicted octanol–water partition coefficient (Wildman–Crippen LogP) is 1.52. The standard InChI is InChI=1S/C18H30FN5/c1-4-20-18(22-14-16-7-5-6-8-17(16)19)21-13-15(2)24-11-9-23(3)10-12-24/h5-8,15H,4,9-14H2,1-3H3,(H2,20,21,22). The molecule has 0 amide bonds. The SMILES string of the molecule is CCNC(=NCc1ccccc1F)NCC(C)N1CCN(C)CC1. The van der Waals surface area contributed by atoms with Crippen molar-refractivity contribution in [3.63, 3.8) is 0 Å². The first-order chi connectivity index (χ1) is 11.6. The maximum Gasteiger partial charge on any atom is 0.191 e. The van der Waals surface area contributed by atoms with Crippen molar-refractivity contribution in [2.75, 3.05) is 46.3 Å². The van der Waals surface area contributed by atoms with Gasteiger partial charge in [-0.05, 0) is 27.0 Å². The minimum Gasteiger partial charge on any atom is -0.357 e. The highest BCUT2D eigenvalue weighted by Crippen LogP contribution is 2.07. The summed E-state index contributed by atoms with van der Waals surface area (Å²) >= 11 is 0. The van der Waals surface area contributed by atoms with Gasteiger partial charge in [-0.1, -0.05) is 18.2 Å². The molecule has 0 aliphatic carbocycles. The van der Waals surface area contributed by atoms with Crippen LogP contribution >= 0.6 is 0 Å². The summed E-state index contributed by atoms with van der Waals surface area (Å²) in [4.78, 5) is 9.35. The molecule has 1 saturated heterocycles. The highest BCUT2D eigenvalue weighted by molar-refractivity contribution is 5.79. The zero-order chi connectivity index (χ0) is 17.4. The maximum absolute atomic E-state index is 13.7. The number of benzene rings is 1. The third kappa shape index (κ3) is 5.76. The lowest BCUT2D eigenvalue weighted by Crippen LogP contribution is -2.52. The van der Waals surface area contributed by atoms with Gasteiger partial charge in [0, 0.05) is 50.9 Å². The summed E-state index contributed by atoms with van der Waals surface area (Å²) in [6.07, 6.45) is 0. The fraction of sp³-hybridized carbons (Fsp3) is 0.611. The Balaban J connectivity index is 1.86. The van der Waals surface area contributed by atoms with Gasteiger partial charge in [0.25, 0.3) is 0 Å². The largest absolute Gasteiger partial charge is 0.357 e. The van der Waals surface area contributed by atoms with E-state index in [-0.39, 0.29) is 5.82 Å². The van der Waals surface area contributed by atoms with Gasteiger partial charge in [-0.3, -0.25) is 4.90 Å². The normalized spacial score (nSPS) is 18.4. The van der Waals surface area contributed by atoms with E-state index in [0.29, 0.717) is 18.2 Å². The van der Waals surface area contributed by atoms with E-state index in [9.17, 15) is 4.39 Å². The molecule has 6 heteroatoms. The van der Waals surface area contributed by atoms with Crippen molar-refractivity contribution >= 4 is 5.96 Å². The van der Waals surface area contributed by atoms with E-state index < -0.39 is 0 Å². The van der Waals surface area contributed by atoms with Crippen molar-refractivity contribution in [1.29, 1.82) is 0 Å². The van der Waals surface area contributed by atoms with E-state index in [1.807, 2.05) is 13.0 Å². The molecule has 0 spiro atoms. The second kappa shape index (κ2) is 9.59. The van der Waals surface area contributed by atoms with Crippen LogP contribution in [0.3, 0.4) is 0 Å². The third-order valence-corrected chi connectivity index (χ3v) is 4.44. The number of hydrogen-bond donors (Lipinski definition) is 2. The fourth-order valence-electron chi connectivity index (χ4n) is 2.77. The van der Waals surface area contributed by atoms with Crippen molar-refractivity contribution in [1.82, 2.24) is 20.4 Å². The van der Waals surface area contributed by atoms with Crippen LogP contribution in [0.2, 0.25) is 0 Å². The molecule has 134 valence electrons. The van der Waals surface area contributed by atoms with Crippen molar-refractivity contribution in [2.24, 2.45) is 4.99 Å². The molecule has 2 N–H and O–H groups in total. The molecule has 1 heterocycles. The van der Waals surface area contributed by atoms with Gasteiger partial charge in [-0.25, -0.2) is 9.38 Å². The van der Waals surface area contributed by atoms with Crippen LogP contribution in [0.25, 0.3) is 0 Å². The first-order valence-corrected chi connectivity index (χ1v) is 8.78. The molecule has 1 aromatic rings. The number of nitrogens with zero attached hydrogens (tertiary/aromatic N) is 3. The van der Waals surface area contributed by atoms with Crippen LogP contribution < -0.4 is 10.6 Å². The lowest BCUT2D eigenvalue weighted by molar-refractivity contribution is 0.120. The summed E-state index contributed by atoms with van der Waals surface area (Å²) in [6.45, 7) is 10.6. The zero-order valence-electron chi connectivity index (χ0n) is 15.1. The lowest BCUT2D eigenvalue weighted by Gasteiger charge is -2.36. The molecule has 1 atom stereocenters. The summed E-state index contributed by atoms with van der Waals surface area (Å²) in [6, 6.07) is 7.22. The number of nitrogens with one attached hydrogen (secondary N) is 2. The van der Waals surface area contributed by atoms with Gasteiger partial charge in [-0.15, -0.1) is 0 Å². The number of likely N-dealkylation sites (N-methyl/N-ethyl adjacent to an activating group) is 1. The van der Waals surface area contributed by atoms with E-state index >= 15 is 0 Å². The second-order valence-corrected chi connectivity index (χ2v) is 6.36. The Labute approximate surface area is 144 Å². The molecule has 1 unspecified atom stereocenters. The van der Waals surface area contributed by atoms with Crippen LogP contribution in [0, 0.1) is 5.82 Å². The Hall–Kier alpha value is -1.66. The number of piperazine rings is 1. The Morgan fingerprint density at radius 2 is 1.92 bits per heavy atom. The first-order valence-electron chi connectivity index (χ1n) is 8.78. The van der Waals surface area contributed by atoms with Crippen LogP contribution in [-0.4, -0.2) is 68.1 Å². The van der Waals surface area contributed by atoms with Crippen LogP contribution in [-0.2, 0) is 6.54 Å². The molecule has 0 radical (unpaired) electrons. The monoisotopic (exact) mass is 335 g/mol. The molecule has 0 bridgehead atoms. The van der Waals surface area contributed by atoms with Gasteiger partial charge >= 0.3 is 0 Å². The topological polar surface area (TPSA) is 42.9 Å². The van der Waals surface area contributed by atoms with Crippen molar-refractivity contribution in [2.45, 2.75) is 26.4 Å². The van der Waals surface area contributed by atoms with Gasteiger partial charge in [0.1, 0.15) is 5.82 Å². The van der Waals surface area contributed by atoms with Crippen molar-refractivity contribution in [3.05, 3.63) is 35.6 Å². The number of hydrogen-bond acceptors (Lipinski definition) is 3. The van der Waals surface area contributed by atoms with Gasteiger partial charge in [0.15, 0.2) is 5.96 Å². The molecular formula is C18H30FN5. The molecule has 0 aromatic heterocycles. The highest BCUT2D eigenvalue weighted by atomic mass is 19.1. The molecule has 1 aliphatic heterocycles. The molecule has 1 aliphatic rings. The van der Waals surface area contributed by atoms with Crippen LogP contribution in [0.15, 0.2) is 29.3 Å². The minimum absolute atomic E-state index is 0.206. The molecular weight excluding hydrogens is 305 g/mol. The number of aliphatic imine (C=N–C) groups is 1. The minimum atomic E-state index is -0.206. The Morgan fingerprint density at radius 1 is 1.21 bits per heavy atom. The maximum atomic E-state index is 13.7. The Bertz CT molecular complexity index is 526. The van der Waals surface area contributed by atoms with Crippen LogP contribution in [0.1, 0.15) is 19.4 Å². The molecule has 24 heavy (non-hydrogen) atoms. The second-order valence-electron chi connectivity index (χ2n) is 6.36. The molecule has 1 aromatic carbocycles. The van der Waals surface area contributed by atoms with Crippen LogP contribution in [0.5, 0.6) is 0 Å². The number of rotatable bonds is 6. The number of halogens is 1. The smallest absolute Gasteiger partial charge is 0.191 e. The zero-order valence-corrected chi connectivity index (χ0v) is 15.1. The Morgan fingerprint density at radius 3 is 2.58 bits per heavy atom. The highest BCUT2D eigenvalue weighted by Gasteiger charge is 2.19. The van der Waals surface area contributed by atoms with E-state index in [1.165, 1.54) is 6.07 Å². The average molecular weight is 335 g/mol. The van der Waals surface area contributed by atoms with E-state index in [0.717, 1.165) is 45.2 Å². The van der Waals surface area contributed by atoms with Gasteiger partial charge in [0.05, 0.1) is 6.54 Å². The quantitative estimate of drug-likeness (QED) is 0.611. The molecule has 0 saturated carbocycles. The van der Waals surface area contributed by atoms with Crippen molar-refractivity contribution in [3.8, 4) is 0 Å². The summed E-state index contributed by atoms with van der Waals surface area (Å²) in [5.74, 6) is 0.532. The van der Waals surface area contributed by atoms with Crippen LogP contribution in [0.4, 0.5) is 4.39 Å². The molecule has 2 rings (SSSR count). The molecule has 5 nitrogen and oxygen atoms in total. The summed E-state index contributed by atoms with van der Waals surface area (Å²) in [5.41, 5.74) is 0.613. The van der Waals surface area contributed by atoms with Gasteiger partial charge in [-0.2, -0.15) is 0 Å². The average Bonchev–Trinajstić information content (AvgIpc) is 2.59.